The fourth-order valence-electron chi connectivity index (χ4n) is 1.78. The van der Waals surface area contributed by atoms with Gasteiger partial charge in [0, 0.05) is 4.47 Å². The molecule has 2 aromatic rings. The Kier molecular flexibility index (Phi) is 5.13. The Bertz CT molecular complexity index is 697. The molecular formula is C13H17BrN4O2S. The van der Waals surface area contributed by atoms with Crippen LogP contribution in [0, 0.1) is 0 Å². The summed E-state index contributed by atoms with van der Waals surface area (Å²) in [4.78, 5) is 0.302. The molecule has 0 aliphatic carbocycles. The van der Waals surface area contributed by atoms with Crippen LogP contribution in [0.25, 0.3) is 0 Å². The zero-order valence-corrected chi connectivity index (χ0v) is 14.0. The minimum atomic E-state index is -3.33. The maximum atomic E-state index is 12.2. The summed E-state index contributed by atoms with van der Waals surface area (Å²) in [5, 5.41) is 7.87. The van der Waals surface area contributed by atoms with Gasteiger partial charge in [-0.1, -0.05) is 28.1 Å². The number of sulfone groups is 1. The first kappa shape index (κ1) is 16.1. The second-order valence-electron chi connectivity index (χ2n) is 4.69. The molecule has 0 radical (unpaired) electrons. The van der Waals surface area contributed by atoms with Crippen LogP contribution < -0.4 is 5.73 Å². The number of aryl methyl sites for hydroxylation is 1. The van der Waals surface area contributed by atoms with E-state index in [1.54, 1.807) is 30.5 Å². The maximum absolute atomic E-state index is 12.2. The van der Waals surface area contributed by atoms with E-state index in [9.17, 15) is 8.42 Å². The Morgan fingerprint density at radius 2 is 2.00 bits per heavy atom. The topological polar surface area (TPSA) is 90.9 Å². The van der Waals surface area contributed by atoms with E-state index in [1.807, 2.05) is 6.92 Å². The number of halogens is 1. The lowest BCUT2D eigenvalue weighted by Gasteiger charge is -2.05. The van der Waals surface area contributed by atoms with Crippen LogP contribution in [0.3, 0.4) is 0 Å². The van der Waals surface area contributed by atoms with Gasteiger partial charge < -0.3 is 5.73 Å². The van der Waals surface area contributed by atoms with Crippen LogP contribution in [-0.4, -0.2) is 29.2 Å². The van der Waals surface area contributed by atoms with Gasteiger partial charge in [-0.3, -0.25) is 4.68 Å². The average Bonchev–Trinajstić information content (AvgIpc) is 2.94. The molecule has 1 unspecified atom stereocenters. The van der Waals surface area contributed by atoms with Crippen molar-refractivity contribution in [2.75, 3.05) is 5.75 Å². The van der Waals surface area contributed by atoms with Crippen LogP contribution >= 0.6 is 15.9 Å². The Morgan fingerprint density at radius 3 is 2.62 bits per heavy atom. The average molecular weight is 373 g/mol. The number of rotatable bonds is 6. The van der Waals surface area contributed by atoms with Crippen LogP contribution in [0.5, 0.6) is 0 Å². The molecule has 1 heterocycles. The predicted octanol–water partition coefficient (Wildman–Crippen LogP) is 1.92. The summed E-state index contributed by atoms with van der Waals surface area (Å²) < 4.78 is 26.8. The van der Waals surface area contributed by atoms with Crippen molar-refractivity contribution in [1.29, 1.82) is 0 Å². The second-order valence-corrected chi connectivity index (χ2v) is 7.72. The van der Waals surface area contributed by atoms with Crippen molar-refractivity contribution in [2.24, 2.45) is 5.73 Å². The van der Waals surface area contributed by atoms with E-state index < -0.39 is 9.84 Å². The number of hydrogen-bond donors (Lipinski definition) is 1. The minimum Gasteiger partial charge on any atom is -0.323 e. The standard InChI is InChI=1S/C13H17BrN4O2S/c1-2-12(15)13-9-18(17-16-13)7-8-21(19,20)11-5-3-10(14)4-6-11/h3-6,9,12H,2,7-8,15H2,1H3. The second kappa shape index (κ2) is 6.67. The molecule has 1 aromatic heterocycles. The summed E-state index contributed by atoms with van der Waals surface area (Å²) in [5.74, 6) is -0.0290. The third-order valence-corrected chi connectivity index (χ3v) is 5.38. The molecule has 1 atom stereocenters. The Morgan fingerprint density at radius 1 is 1.33 bits per heavy atom. The summed E-state index contributed by atoms with van der Waals surface area (Å²) in [6, 6.07) is 6.42. The molecule has 1 aromatic carbocycles. The van der Waals surface area contributed by atoms with Gasteiger partial charge in [0.25, 0.3) is 0 Å². The highest BCUT2D eigenvalue weighted by atomic mass is 79.9. The van der Waals surface area contributed by atoms with Crippen LogP contribution in [0.2, 0.25) is 0 Å². The van der Waals surface area contributed by atoms with Crippen LogP contribution in [0.1, 0.15) is 25.1 Å². The van der Waals surface area contributed by atoms with Crippen LogP contribution in [0.15, 0.2) is 39.8 Å². The summed E-state index contributed by atoms with van der Waals surface area (Å²) in [5.41, 5.74) is 6.54. The molecule has 0 fully saturated rings. The molecule has 2 rings (SSSR count). The number of aromatic nitrogens is 3. The lowest BCUT2D eigenvalue weighted by atomic mass is 10.2. The zero-order valence-electron chi connectivity index (χ0n) is 11.6. The summed E-state index contributed by atoms with van der Waals surface area (Å²) >= 11 is 3.28. The molecule has 114 valence electrons. The quantitative estimate of drug-likeness (QED) is 0.836. The molecule has 0 spiro atoms. The maximum Gasteiger partial charge on any atom is 0.180 e. The van der Waals surface area contributed by atoms with E-state index in [0.717, 1.165) is 10.9 Å². The molecule has 0 bridgehead atoms. The highest BCUT2D eigenvalue weighted by molar-refractivity contribution is 9.10. The van der Waals surface area contributed by atoms with Gasteiger partial charge in [-0.2, -0.15) is 0 Å². The SMILES string of the molecule is CCC(N)c1cn(CCS(=O)(=O)c2ccc(Br)cc2)nn1. The Labute approximate surface area is 132 Å². The van der Waals surface area contributed by atoms with E-state index in [0.29, 0.717) is 10.6 Å². The van der Waals surface area contributed by atoms with Crippen molar-refractivity contribution < 1.29 is 8.42 Å². The molecule has 8 heteroatoms. The Balaban J connectivity index is 2.05. The van der Waals surface area contributed by atoms with Gasteiger partial charge in [0.15, 0.2) is 9.84 Å². The highest BCUT2D eigenvalue weighted by Gasteiger charge is 2.15. The van der Waals surface area contributed by atoms with Crippen LogP contribution in [0.4, 0.5) is 0 Å². The third kappa shape index (κ3) is 4.12. The number of nitrogens with zero attached hydrogens (tertiary/aromatic N) is 3. The first-order valence-electron chi connectivity index (χ1n) is 6.56. The number of hydrogen-bond acceptors (Lipinski definition) is 5. The van der Waals surface area contributed by atoms with Crippen LogP contribution in [-0.2, 0) is 16.4 Å². The van der Waals surface area contributed by atoms with E-state index in [1.165, 1.54) is 4.68 Å². The van der Waals surface area contributed by atoms with E-state index in [-0.39, 0.29) is 18.3 Å². The number of benzene rings is 1. The van der Waals surface area contributed by atoms with Gasteiger partial charge in [0.1, 0.15) is 0 Å². The van der Waals surface area contributed by atoms with Gasteiger partial charge in [0.2, 0.25) is 0 Å². The minimum absolute atomic E-state index is 0.0290. The van der Waals surface area contributed by atoms with E-state index in [4.69, 9.17) is 5.73 Å². The lowest BCUT2D eigenvalue weighted by Crippen LogP contribution is -2.14. The lowest BCUT2D eigenvalue weighted by molar-refractivity contribution is 0.575. The van der Waals surface area contributed by atoms with Gasteiger partial charge in [0.05, 0.1) is 35.1 Å². The zero-order chi connectivity index (χ0) is 15.5. The fraction of sp³-hybridized carbons (Fsp3) is 0.385. The van der Waals surface area contributed by atoms with E-state index in [2.05, 4.69) is 26.2 Å². The molecule has 0 amide bonds. The molecular weight excluding hydrogens is 356 g/mol. The molecule has 0 saturated heterocycles. The molecule has 6 nitrogen and oxygen atoms in total. The summed E-state index contributed by atoms with van der Waals surface area (Å²) in [6.07, 6.45) is 2.46. The molecule has 0 saturated carbocycles. The molecule has 2 N–H and O–H groups in total. The van der Waals surface area contributed by atoms with Crippen molar-refractivity contribution in [3.05, 3.63) is 40.6 Å². The van der Waals surface area contributed by atoms with Crippen molar-refractivity contribution in [3.63, 3.8) is 0 Å². The molecule has 0 aliphatic rings. The van der Waals surface area contributed by atoms with Gasteiger partial charge in [-0.05, 0) is 30.7 Å². The van der Waals surface area contributed by atoms with Crippen molar-refractivity contribution in [1.82, 2.24) is 15.0 Å². The molecule has 21 heavy (non-hydrogen) atoms. The van der Waals surface area contributed by atoms with Crippen molar-refractivity contribution in [3.8, 4) is 0 Å². The van der Waals surface area contributed by atoms with E-state index >= 15 is 0 Å². The summed E-state index contributed by atoms with van der Waals surface area (Å²) in [6.45, 7) is 2.21. The normalized spacial score (nSPS) is 13.3. The predicted molar refractivity (Wildman–Crippen MR) is 83.4 cm³/mol. The first-order valence-corrected chi connectivity index (χ1v) is 9.01. The fourth-order valence-corrected chi connectivity index (χ4v) is 3.25. The van der Waals surface area contributed by atoms with Gasteiger partial charge in [-0.25, -0.2) is 8.42 Å². The number of nitrogens with two attached hydrogens (primary N) is 1. The highest BCUT2D eigenvalue weighted by Crippen LogP contribution is 2.16. The largest absolute Gasteiger partial charge is 0.323 e. The monoisotopic (exact) mass is 372 g/mol. The third-order valence-electron chi connectivity index (χ3n) is 3.14. The first-order chi connectivity index (χ1) is 9.92. The Hall–Kier alpha value is -1.25. The van der Waals surface area contributed by atoms with Crippen molar-refractivity contribution >= 4 is 25.8 Å². The smallest absolute Gasteiger partial charge is 0.180 e. The van der Waals surface area contributed by atoms with Crippen molar-refractivity contribution in [2.45, 2.75) is 30.8 Å². The van der Waals surface area contributed by atoms with Gasteiger partial charge >= 0.3 is 0 Å². The molecule has 0 aliphatic heterocycles. The summed E-state index contributed by atoms with van der Waals surface area (Å²) in [7, 11) is -3.33. The van der Waals surface area contributed by atoms with Gasteiger partial charge in [-0.15, -0.1) is 5.10 Å².